The van der Waals surface area contributed by atoms with Crippen LogP contribution in [0.15, 0.2) is 28.7 Å². The summed E-state index contributed by atoms with van der Waals surface area (Å²) in [4.78, 5) is 0. The second-order valence-electron chi connectivity index (χ2n) is 4.44. The molecule has 0 aliphatic rings. The molecule has 0 fully saturated rings. The number of nitrogens with zero attached hydrogens (tertiary/aromatic N) is 2. The zero-order valence-electron chi connectivity index (χ0n) is 10.8. The van der Waals surface area contributed by atoms with Crippen LogP contribution in [0.5, 0.6) is 0 Å². The Hall–Kier alpha value is -0.880. The number of hydrazine groups is 1. The summed E-state index contributed by atoms with van der Waals surface area (Å²) in [5, 5.41) is 5.02. The summed E-state index contributed by atoms with van der Waals surface area (Å²) in [5.74, 6) is 5.66. The predicted octanol–water partition coefficient (Wildman–Crippen LogP) is 2.89. The molecule has 0 spiro atoms. The zero-order chi connectivity index (χ0) is 14.0. The Bertz CT molecular complexity index is 565. The van der Waals surface area contributed by atoms with E-state index in [1.165, 1.54) is 0 Å². The van der Waals surface area contributed by atoms with Crippen molar-refractivity contribution in [3.8, 4) is 0 Å². The fraction of sp³-hybridized carbons (Fsp3) is 0.308. The molecule has 1 aromatic carbocycles. The van der Waals surface area contributed by atoms with E-state index in [0.717, 1.165) is 21.4 Å². The van der Waals surface area contributed by atoms with Crippen molar-refractivity contribution >= 4 is 27.5 Å². The molecule has 0 saturated carbocycles. The number of nitrogens with one attached hydrogen (secondary N) is 1. The van der Waals surface area contributed by atoms with Gasteiger partial charge in [-0.3, -0.25) is 16.0 Å². The van der Waals surface area contributed by atoms with Crippen LogP contribution < -0.4 is 11.3 Å². The third kappa shape index (κ3) is 3.17. The van der Waals surface area contributed by atoms with E-state index in [1.54, 1.807) is 4.68 Å². The minimum absolute atomic E-state index is 0.000370. The van der Waals surface area contributed by atoms with Gasteiger partial charge < -0.3 is 0 Å². The number of halogens is 2. The molecule has 1 atom stereocenters. The van der Waals surface area contributed by atoms with Crippen LogP contribution in [0.3, 0.4) is 0 Å². The maximum absolute atomic E-state index is 6.27. The number of aromatic nitrogens is 2. The molecule has 1 heterocycles. The van der Waals surface area contributed by atoms with Gasteiger partial charge in [0.2, 0.25) is 0 Å². The number of nitrogens with two attached hydrogens (primary N) is 1. The van der Waals surface area contributed by atoms with E-state index in [-0.39, 0.29) is 6.04 Å². The highest BCUT2D eigenvalue weighted by atomic mass is 79.9. The quantitative estimate of drug-likeness (QED) is 0.663. The van der Waals surface area contributed by atoms with E-state index in [1.807, 2.05) is 38.2 Å². The first-order valence-corrected chi connectivity index (χ1v) is 7.09. The van der Waals surface area contributed by atoms with Gasteiger partial charge in [-0.25, -0.2) is 0 Å². The third-order valence-corrected chi connectivity index (χ3v) is 4.15. The van der Waals surface area contributed by atoms with Crippen LogP contribution in [-0.2, 0) is 13.5 Å². The minimum Gasteiger partial charge on any atom is -0.271 e. The largest absolute Gasteiger partial charge is 0.271 e. The van der Waals surface area contributed by atoms with Crippen LogP contribution in [0.25, 0.3) is 0 Å². The van der Waals surface area contributed by atoms with Crippen molar-refractivity contribution in [2.45, 2.75) is 19.4 Å². The van der Waals surface area contributed by atoms with Crippen LogP contribution in [0.2, 0.25) is 5.02 Å². The van der Waals surface area contributed by atoms with Crippen molar-refractivity contribution in [2.75, 3.05) is 0 Å². The molecule has 1 unspecified atom stereocenters. The van der Waals surface area contributed by atoms with Crippen molar-refractivity contribution in [2.24, 2.45) is 12.9 Å². The number of hydrogen-bond donors (Lipinski definition) is 2. The predicted molar refractivity (Wildman–Crippen MR) is 80.9 cm³/mol. The summed E-state index contributed by atoms with van der Waals surface area (Å²) in [5.41, 5.74) is 5.76. The summed E-state index contributed by atoms with van der Waals surface area (Å²) in [7, 11) is 1.89. The Kier molecular flexibility index (Phi) is 4.62. The van der Waals surface area contributed by atoms with Gasteiger partial charge in [-0.2, -0.15) is 5.10 Å². The normalized spacial score (nSPS) is 12.7. The molecular formula is C13H16BrClN4. The Labute approximate surface area is 126 Å². The van der Waals surface area contributed by atoms with Crippen molar-refractivity contribution in [1.82, 2.24) is 15.2 Å². The maximum Gasteiger partial charge on any atom is 0.0847 e. The number of hydrogen-bond acceptors (Lipinski definition) is 3. The van der Waals surface area contributed by atoms with E-state index in [4.69, 9.17) is 17.4 Å². The highest BCUT2D eigenvalue weighted by Gasteiger charge is 2.17. The monoisotopic (exact) mass is 342 g/mol. The zero-order valence-corrected chi connectivity index (χ0v) is 13.2. The lowest BCUT2D eigenvalue weighted by Crippen LogP contribution is -2.30. The summed E-state index contributed by atoms with van der Waals surface area (Å²) >= 11 is 9.69. The van der Waals surface area contributed by atoms with Crippen molar-refractivity contribution in [1.29, 1.82) is 0 Å². The summed E-state index contributed by atoms with van der Waals surface area (Å²) in [6, 6.07) is 8.06. The first-order chi connectivity index (χ1) is 9.02. The first kappa shape index (κ1) is 14.5. The van der Waals surface area contributed by atoms with Gasteiger partial charge in [0.15, 0.2) is 0 Å². The maximum atomic E-state index is 6.27. The van der Waals surface area contributed by atoms with E-state index in [9.17, 15) is 0 Å². The van der Waals surface area contributed by atoms with Crippen molar-refractivity contribution in [3.63, 3.8) is 0 Å². The average molecular weight is 344 g/mol. The highest BCUT2D eigenvalue weighted by molar-refractivity contribution is 9.10. The Balaban J connectivity index is 2.26. The van der Waals surface area contributed by atoms with Crippen LogP contribution in [0.4, 0.5) is 0 Å². The molecule has 0 bridgehead atoms. The summed E-state index contributed by atoms with van der Waals surface area (Å²) in [6.07, 6.45) is 0.689. The van der Waals surface area contributed by atoms with Gasteiger partial charge in [0.05, 0.1) is 22.5 Å². The third-order valence-electron chi connectivity index (χ3n) is 3.13. The SMILES string of the molecule is Cc1nn(C)c(CC(NN)c2ccc(Br)cc2)c1Cl. The van der Waals surface area contributed by atoms with Crippen LogP contribution in [0, 0.1) is 6.92 Å². The number of benzene rings is 1. The van der Waals surface area contributed by atoms with Gasteiger partial charge in [-0.15, -0.1) is 0 Å². The standard InChI is InChI=1S/C13H16BrClN4/c1-8-13(15)12(19(2)18-8)7-11(17-16)9-3-5-10(14)6-4-9/h3-6,11,17H,7,16H2,1-2H3. The molecule has 2 rings (SSSR count). The van der Waals surface area contributed by atoms with E-state index < -0.39 is 0 Å². The van der Waals surface area contributed by atoms with E-state index >= 15 is 0 Å². The topological polar surface area (TPSA) is 55.9 Å². The molecule has 0 aliphatic carbocycles. The molecule has 0 saturated heterocycles. The molecule has 4 nitrogen and oxygen atoms in total. The lowest BCUT2D eigenvalue weighted by atomic mass is 10.0. The van der Waals surface area contributed by atoms with E-state index in [0.29, 0.717) is 11.4 Å². The number of rotatable bonds is 4. The molecule has 102 valence electrons. The Morgan fingerprint density at radius 1 is 1.42 bits per heavy atom. The second-order valence-corrected chi connectivity index (χ2v) is 5.74. The van der Waals surface area contributed by atoms with Crippen molar-refractivity contribution in [3.05, 3.63) is 50.7 Å². The average Bonchev–Trinajstić information content (AvgIpc) is 2.63. The summed E-state index contributed by atoms with van der Waals surface area (Å²) in [6.45, 7) is 1.90. The van der Waals surface area contributed by atoms with Gasteiger partial charge in [-0.1, -0.05) is 39.7 Å². The number of aryl methyl sites for hydroxylation is 2. The molecule has 2 aromatic rings. The van der Waals surface area contributed by atoms with Crippen LogP contribution in [0.1, 0.15) is 23.0 Å². The molecule has 1 aromatic heterocycles. The smallest absolute Gasteiger partial charge is 0.0847 e. The highest BCUT2D eigenvalue weighted by Crippen LogP contribution is 2.25. The molecule has 0 amide bonds. The van der Waals surface area contributed by atoms with Gasteiger partial charge in [-0.05, 0) is 24.6 Å². The minimum atomic E-state index is 0.000370. The molecular weight excluding hydrogens is 328 g/mol. The fourth-order valence-corrected chi connectivity index (χ4v) is 2.56. The first-order valence-electron chi connectivity index (χ1n) is 5.92. The molecule has 0 radical (unpaired) electrons. The molecule has 19 heavy (non-hydrogen) atoms. The van der Waals surface area contributed by atoms with Crippen molar-refractivity contribution < 1.29 is 0 Å². The molecule has 0 aliphatic heterocycles. The Morgan fingerprint density at radius 2 is 2.05 bits per heavy atom. The van der Waals surface area contributed by atoms with Gasteiger partial charge in [0.25, 0.3) is 0 Å². The fourth-order valence-electron chi connectivity index (χ4n) is 2.06. The van der Waals surface area contributed by atoms with Gasteiger partial charge in [0, 0.05) is 17.9 Å². The van der Waals surface area contributed by atoms with E-state index in [2.05, 4.69) is 26.5 Å². The lowest BCUT2D eigenvalue weighted by molar-refractivity contribution is 0.530. The molecule has 3 N–H and O–H groups in total. The van der Waals surface area contributed by atoms with Crippen LogP contribution >= 0.6 is 27.5 Å². The second kappa shape index (κ2) is 6.05. The van der Waals surface area contributed by atoms with Crippen LogP contribution in [-0.4, -0.2) is 9.78 Å². The summed E-state index contributed by atoms with van der Waals surface area (Å²) < 4.78 is 2.85. The Morgan fingerprint density at radius 3 is 2.53 bits per heavy atom. The lowest BCUT2D eigenvalue weighted by Gasteiger charge is -2.17. The van der Waals surface area contributed by atoms with Gasteiger partial charge >= 0.3 is 0 Å². The molecule has 6 heteroatoms. The van der Waals surface area contributed by atoms with Gasteiger partial charge in [0.1, 0.15) is 0 Å².